The molecule has 0 aliphatic heterocycles. The van der Waals surface area contributed by atoms with E-state index in [1.165, 1.54) is 12.4 Å². The zero-order valence-electron chi connectivity index (χ0n) is 14.2. The summed E-state index contributed by atoms with van der Waals surface area (Å²) in [4.78, 5) is 23.4. The van der Waals surface area contributed by atoms with E-state index in [1.807, 2.05) is 6.07 Å². The molecule has 0 radical (unpaired) electrons. The monoisotopic (exact) mass is 349 g/mol. The van der Waals surface area contributed by atoms with Gasteiger partial charge in [-0.1, -0.05) is 24.8 Å². The Hall–Kier alpha value is -2.19. The van der Waals surface area contributed by atoms with Crippen LogP contribution in [0.3, 0.4) is 0 Å². The van der Waals surface area contributed by atoms with Crippen molar-refractivity contribution in [1.29, 1.82) is 0 Å². The van der Waals surface area contributed by atoms with E-state index in [4.69, 9.17) is 9.57 Å². The van der Waals surface area contributed by atoms with Gasteiger partial charge in [-0.2, -0.15) is 0 Å². The van der Waals surface area contributed by atoms with Crippen LogP contribution in [0.1, 0.15) is 16.1 Å². The third-order valence-electron chi connectivity index (χ3n) is 3.49. The molecule has 0 saturated carbocycles. The van der Waals surface area contributed by atoms with Crippen molar-refractivity contribution in [2.75, 3.05) is 13.4 Å². The van der Waals surface area contributed by atoms with Crippen molar-refractivity contribution in [2.45, 2.75) is 32.1 Å². The molecule has 8 heteroatoms. The number of hydrogen-bond acceptors (Lipinski definition) is 5. The number of aromatic amines is 1. The largest absolute Gasteiger partial charge is 0.477 e. The molecule has 0 atom stereocenters. The second kappa shape index (κ2) is 8.07. The lowest BCUT2D eigenvalue weighted by molar-refractivity contribution is -0.0473. The topological polar surface area (TPSA) is 96.8 Å². The number of carbonyl (C=O) groups is 1. The van der Waals surface area contributed by atoms with E-state index in [-0.39, 0.29) is 12.5 Å². The predicted molar refractivity (Wildman–Crippen MR) is 95.3 cm³/mol. The molecule has 0 aliphatic carbocycles. The number of oxime groups is 1. The van der Waals surface area contributed by atoms with Gasteiger partial charge in [0.05, 0.1) is 11.7 Å². The smallest absolute Gasteiger partial charge is 0.354 e. The van der Waals surface area contributed by atoms with Crippen molar-refractivity contribution >= 4 is 31.2 Å². The predicted octanol–water partition coefficient (Wildman–Crippen LogP) is 3.12. The maximum atomic E-state index is 11.3. The van der Waals surface area contributed by atoms with Crippen molar-refractivity contribution < 1.29 is 19.5 Å². The van der Waals surface area contributed by atoms with Gasteiger partial charge in [-0.25, -0.2) is 9.78 Å². The Morgan fingerprint density at radius 3 is 2.96 bits per heavy atom. The highest BCUT2D eigenvalue weighted by atomic mass is 28.3. The molecule has 0 spiro atoms. The molecule has 130 valence electrons. The van der Waals surface area contributed by atoms with Gasteiger partial charge in [0.25, 0.3) is 0 Å². The molecular weight excluding hydrogens is 326 g/mol. The van der Waals surface area contributed by atoms with E-state index >= 15 is 0 Å². The summed E-state index contributed by atoms with van der Waals surface area (Å²) in [5.41, 5.74) is 1.42. The number of aromatic carboxylic acids is 1. The highest BCUT2D eigenvalue weighted by Crippen LogP contribution is 2.20. The fourth-order valence-electron chi connectivity index (χ4n) is 2.16. The third kappa shape index (κ3) is 5.17. The third-order valence-corrected chi connectivity index (χ3v) is 5.20. The number of nitrogens with zero attached hydrogens (tertiary/aromatic N) is 2. The molecular formula is C16H23N3O4Si. The molecule has 2 aromatic heterocycles. The van der Waals surface area contributed by atoms with Gasteiger partial charge in [-0.05, 0) is 12.1 Å². The van der Waals surface area contributed by atoms with E-state index in [2.05, 4.69) is 34.8 Å². The molecule has 0 aliphatic rings. The normalized spacial score (nSPS) is 12.1. The number of ether oxygens (including phenoxy) is 1. The standard InChI is InChI=1S/C16H23N3O4Si/c1-24(2,3)9-8-22-11-23-19-7-5-13-12-4-6-17-14(12)10-18-15(13)16(20)21/h4,6-7,10,17H,5,8-9,11H2,1-3H3,(H,20,21). The molecule has 0 amide bonds. The molecule has 2 aromatic rings. The molecule has 7 nitrogen and oxygen atoms in total. The molecule has 0 fully saturated rings. The molecule has 2 rings (SSSR count). The van der Waals surface area contributed by atoms with Crippen LogP contribution in [-0.4, -0.2) is 48.7 Å². The Kier molecular flexibility index (Phi) is 6.10. The average Bonchev–Trinajstić information content (AvgIpc) is 2.97. The van der Waals surface area contributed by atoms with Crippen molar-refractivity contribution in [3.63, 3.8) is 0 Å². The first-order chi connectivity index (χ1) is 11.4. The average molecular weight is 349 g/mol. The van der Waals surface area contributed by atoms with Gasteiger partial charge in [0.2, 0.25) is 6.79 Å². The van der Waals surface area contributed by atoms with E-state index in [0.717, 1.165) is 16.9 Å². The van der Waals surface area contributed by atoms with Gasteiger partial charge < -0.3 is 19.7 Å². The summed E-state index contributed by atoms with van der Waals surface area (Å²) in [7, 11) is -1.10. The first-order valence-electron chi connectivity index (χ1n) is 7.78. The number of hydrogen-bond donors (Lipinski definition) is 2. The minimum atomic E-state index is -1.10. The summed E-state index contributed by atoms with van der Waals surface area (Å²) in [5.74, 6) is -1.06. The fourth-order valence-corrected chi connectivity index (χ4v) is 2.92. The highest BCUT2D eigenvalue weighted by molar-refractivity contribution is 6.76. The summed E-state index contributed by atoms with van der Waals surface area (Å²) in [6.45, 7) is 7.61. The number of nitrogens with one attached hydrogen (secondary N) is 1. The number of H-pyrrole nitrogens is 1. The number of fused-ring (bicyclic) bond motifs is 1. The summed E-state index contributed by atoms with van der Waals surface area (Å²) < 4.78 is 5.37. The molecule has 2 heterocycles. The highest BCUT2D eigenvalue weighted by Gasteiger charge is 2.15. The van der Waals surface area contributed by atoms with Crippen LogP contribution in [0.25, 0.3) is 10.9 Å². The van der Waals surface area contributed by atoms with Gasteiger partial charge >= 0.3 is 5.97 Å². The Morgan fingerprint density at radius 1 is 1.46 bits per heavy atom. The lowest BCUT2D eigenvalue weighted by atomic mass is 10.1. The second-order valence-electron chi connectivity index (χ2n) is 6.65. The van der Waals surface area contributed by atoms with E-state index < -0.39 is 14.0 Å². The Balaban J connectivity index is 1.87. The molecule has 0 aromatic carbocycles. The first kappa shape index (κ1) is 18.1. The molecule has 2 N–H and O–H groups in total. The van der Waals surface area contributed by atoms with E-state index in [1.54, 1.807) is 6.20 Å². The summed E-state index contributed by atoms with van der Waals surface area (Å²) >= 11 is 0. The van der Waals surface area contributed by atoms with Crippen molar-refractivity contribution in [3.05, 3.63) is 29.7 Å². The number of rotatable bonds is 9. The van der Waals surface area contributed by atoms with Crippen LogP contribution in [0, 0.1) is 0 Å². The lowest BCUT2D eigenvalue weighted by Crippen LogP contribution is -2.21. The quantitative estimate of drug-likeness (QED) is 0.238. The summed E-state index contributed by atoms with van der Waals surface area (Å²) in [6, 6.07) is 2.90. The molecule has 0 unspecified atom stereocenters. The van der Waals surface area contributed by atoms with Gasteiger partial charge in [0.1, 0.15) is 0 Å². The maximum absolute atomic E-state index is 11.3. The number of pyridine rings is 1. The Morgan fingerprint density at radius 2 is 2.25 bits per heavy atom. The first-order valence-corrected chi connectivity index (χ1v) is 11.5. The van der Waals surface area contributed by atoms with E-state index in [0.29, 0.717) is 18.6 Å². The molecule has 0 saturated heterocycles. The SMILES string of the molecule is C[Si](C)(C)CCOCON=CCc1c(C(=O)O)ncc2[nH]ccc12. The minimum Gasteiger partial charge on any atom is -0.477 e. The van der Waals surface area contributed by atoms with Crippen LogP contribution in [0.5, 0.6) is 0 Å². The Bertz CT molecular complexity index is 722. The minimum absolute atomic E-state index is 0.0277. The summed E-state index contributed by atoms with van der Waals surface area (Å²) in [6.07, 6.45) is 5.11. The maximum Gasteiger partial charge on any atom is 0.354 e. The van der Waals surface area contributed by atoms with Gasteiger partial charge in [0, 0.05) is 44.5 Å². The molecule has 24 heavy (non-hydrogen) atoms. The summed E-state index contributed by atoms with van der Waals surface area (Å²) in [5, 5.41) is 13.9. The van der Waals surface area contributed by atoms with Crippen LogP contribution in [0.4, 0.5) is 0 Å². The lowest BCUT2D eigenvalue weighted by Gasteiger charge is -2.14. The van der Waals surface area contributed by atoms with E-state index in [9.17, 15) is 9.90 Å². The zero-order valence-corrected chi connectivity index (χ0v) is 15.2. The van der Waals surface area contributed by atoms with Crippen molar-refractivity contribution in [3.8, 4) is 0 Å². The molecule has 0 bridgehead atoms. The van der Waals surface area contributed by atoms with Crippen LogP contribution in [0.15, 0.2) is 23.6 Å². The van der Waals surface area contributed by atoms with Crippen LogP contribution < -0.4 is 0 Å². The van der Waals surface area contributed by atoms with Crippen LogP contribution in [0.2, 0.25) is 25.7 Å². The van der Waals surface area contributed by atoms with Crippen molar-refractivity contribution in [1.82, 2.24) is 9.97 Å². The fraction of sp³-hybridized carbons (Fsp3) is 0.438. The zero-order chi connectivity index (χ0) is 17.6. The van der Waals surface area contributed by atoms with Gasteiger partial charge in [-0.15, -0.1) is 0 Å². The van der Waals surface area contributed by atoms with Crippen LogP contribution in [-0.2, 0) is 16.0 Å². The van der Waals surface area contributed by atoms with Crippen LogP contribution >= 0.6 is 0 Å². The number of carboxylic acid groups (broad SMARTS) is 1. The van der Waals surface area contributed by atoms with Gasteiger partial charge in [0.15, 0.2) is 5.69 Å². The number of carboxylic acids is 1. The Labute approximate surface area is 141 Å². The van der Waals surface area contributed by atoms with Crippen molar-refractivity contribution in [2.24, 2.45) is 5.16 Å². The number of aromatic nitrogens is 2. The van der Waals surface area contributed by atoms with Gasteiger partial charge in [-0.3, -0.25) is 0 Å². The second-order valence-corrected chi connectivity index (χ2v) is 12.3.